The molecule has 2 amide bonds. The van der Waals surface area contributed by atoms with Gasteiger partial charge in [0.25, 0.3) is 0 Å². The Morgan fingerprint density at radius 1 is 1.47 bits per heavy atom. The standard InChI is InChI=1S/C10H16N4O3/c1-3-17-9(15)7-12-10(16)11-6-8-4-5-13-14(8)2/h4-5H,3,6-7H2,1-2H3,(H2,11,12,16). The van der Waals surface area contributed by atoms with Crippen LogP contribution in [-0.4, -0.2) is 34.9 Å². The van der Waals surface area contributed by atoms with Gasteiger partial charge in [0.15, 0.2) is 0 Å². The maximum atomic E-state index is 11.3. The molecule has 0 aliphatic rings. The van der Waals surface area contributed by atoms with Gasteiger partial charge in [-0.05, 0) is 13.0 Å². The van der Waals surface area contributed by atoms with E-state index in [1.165, 1.54) is 0 Å². The lowest BCUT2D eigenvalue weighted by atomic mass is 10.4. The van der Waals surface area contributed by atoms with Crippen molar-refractivity contribution < 1.29 is 14.3 Å². The van der Waals surface area contributed by atoms with Crippen molar-refractivity contribution in [3.63, 3.8) is 0 Å². The number of hydrogen-bond donors (Lipinski definition) is 2. The Morgan fingerprint density at radius 2 is 2.24 bits per heavy atom. The molecule has 0 aromatic carbocycles. The third-order valence-corrected chi connectivity index (χ3v) is 2.05. The lowest BCUT2D eigenvalue weighted by molar-refractivity contribution is -0.141. The van der Waals surface area contributed by atoms with Crippen molar-refractivity contribution in [1.82, 2.24) is 20.4 Å². The molecule has 0 aliphatic heterocycles. The molecule has 7 nitrogen and oxygen atoms in total. The largest absolute Gasteiger partial charge is 0.465 e. The molecule has 2 N–H and O–H groups in total. The van der Waals surface area contributed by atoms with Crippen LogP contribution in [-0.2, 0) is 23.1 Å². The van der Waals surface area contributed by atoms with Crippen LogP contribution in [0.1, 0.15) is 12.6 Å². The lowest BCUT2D eigenvalue weighted by Gasteiger charge is -2.07. The summed E-state index contributed by atoms with van der Waals surface area (Å²) in [6, 6.07) is 1.38. The van der Waals surface area contributed by atoms with Gasteiger partial charge in [0.05, 0.1) is 18.8 Å². The Kier molecular flexibility index (Phi) is 4.99. The molecule has 0 bridgehead atoms. The number of aromatic nitrogens is 2. The summed E-state index contributed by atoms with van der Waals surface area (Å²) in [5.41, 5.74) is 0.872. The van der Waals surface area contributed by atoms with E-state index in [1.807, 2.05) is 0 Å². The zero-order chi connectivity index (χ0) is 12.7. The number of ether oxygens (including phenoxy) is 1. The highest BCUT2D eigenvalue weighted by Gasteiger charge is 2.06. The lowest BCUT2D eigenvalue weighted by Crippen LogP contribution is -2.38. The topological polar surface area (TPSA) is 85.2 Å². The van der Waals surface area contributed by atoms with E-state index in [1.54, 1.807) is 30.9 Å². The molecule has 0 unspecified atom stereocenters. The molecule has 0 saturated heterocycles. The molecule has 0 saturated carbocycles. The molecule has 1 rings (SSSR count). The minimum Gasteiger partial charge on any atom is -0.465 e. The van der Waals surface area contributed by atoms with Gasteiger partial charge < -0.3 is 15.4 Å². The van der Waals surface area contributed by atoms with E-state index in [0.29, 0.717) is 13.2 Å². The van der Waals surface area contributed by atoms with E-state index >= 15 is 0 Å². The highest BCUT2D eigenvalue weighted by atomic mass is 16.5. The van der Waals surface area contributed by atoms with Gasteiger partial charge in [-0.15, -0.1) is 0 Å². The summed E-state index contributed by atoms with van der Waals surface area (Å²) < 4.78 is 6.32. The Morgan fingerprint density at radius 3 is 2.82 bits per heavy atom. The van der Waals surface area contributed by atoms with Gasteiger partial charge in [-0.25, -0.2) is 4.79 Å². The smallest absolute Gasteiger partial charge is 0.325 e. The Labute approximate surface area is 99.1 Å². The highest BCUT2D eigenvalue weighted by Crippen LogP contribution is 1.94. The minimum atomic E-state index is -0.455. The summed E-state index contributed by atoms with van der Waals surface area (Å²) in [6.07, 6.45) is 1.65. The molecule has 17 heavy (non-hydrogen) atoms. The van der Waals surface area contributed by atoms with E-state index in [-0.39, 0.29) is 6.54 Å². The van der Waals surface area contributed by atoms with E-state index in [4.69, 9.17) is 0 Å². The van der Waals surface area contributed by atoms with Crippen LogP contribution in [0.15, 0.2) is 12.3 Å². The van der Waals surface area contributed by atoms with Crippen molar-refractivity contribution in [2.75, 3.05) is 13.2 Å². The van der Waals surface area contributed by atoms with E-state index in [2.05, 4.69) is 20.5 Å². The number of hydrogen-bond acceptors (Lipinski definition) is 4. The number of amides is 2. The fourth-order valence-corrected chi connectivity index (χ4v) is 1.17. The predicted molar refractivity (Wildman–Crippen MR) is 60.1 cm³/mol. The number of nitrogens with zero attached hydrogens (tertiary/aromatic N) is 2. The van der Waals surface area contributed by atoms with Crippen molar-refractivity contribution in [3.8, 4) is 0 Å². The summed E-state index contributed by atoms with van der Waals surface area (Å²) in [5.74, 6) is -0.455. The summed E-state index contributed by atoms with van der Waals surface area (Å²) in [7, 11) is 1.79. The fraction of sp³-hybridized carbons (Fsp3) is 0.500. The van der Waals surface area contributed by atoms with E-state index in [9.17, 15) is 9.59 Å². The molecule has 1 aromatic heterocycles. The number of urea groups is 1. The third kappa shape index (κ3) is 4.54. The van der Waals surface area contributed by atoms with Crippen LogP contribution in [0.3, 0.4) is 0 Å². The fourth-order valence-electron chi connectivity index (χ4n) is 1.17. The molecule has 1 heterocycles. The second kappa shape index (κ2) is 6.51. The van der Waals surface area contributed by atoms with Crippen molar-refractivity contribution in [3.05, 3.63) is 18.0 Å². The molecule has 94 valence electrons. The van der Waals surface area contributed by atoms with Gasteiger partial charge >= 0.3 is 12.0 Å². The Balaban J connectivity index is 2.22. The van der Waals surface area contributed by atoms with Crippen LogP contribution < -0.4 is 10.6 Å². The van der Waals surface area contributed by atoms with Gasteiger partial charge in [-0.2, -0.15) is 5.10 Å². The van der Waals surface area contributed by atoms with Crippen LogP contribution in [0.4, 0.5) is 4.79 Å². The number of esters is 1. The molecule has 7 heteroatoms. The molecular formula is C10H16N4O3. The maximum absolute atomic E-state index is 11.3. The third-order valence-electron chi connectivity index (χ3n) is 2.05. The van der Waals surface area contributed by atoms with Crippen LogP contribution in [0, 0.1) is 0 Å². The molecule has 0 fully saturated rings. The van der Waals surface area contributed by atoms with E-state index < -0.39 is 12.0 Å². The molecule has 1 aromatic rings. The Bertz CT molecular complexity index is 389. The average Bonchev–Trinajstić information content (AvgIpc) is 2.70. The molecule has 0 atom stereocenters. The first-order valence-electron chi connectivity index (χ1n) is 5.27. The summed E-state index contributed by atoms with van der Waals surface area (Å²) in [4.78, 5) is 22.3. The molecule has 0 spiro atoms. The van der Waals surface area contributed by atoms with Crippen molar-refractivity contribution >= 4 is 12.0 Å². The first kappa shape index (κ1) is 13.0. The van der Waals surface area contributed by atoms with Gasteiger partial charge in [0.2, 0.25) is 0 Å². The normalized spacial score (nSPS) is 9.76. The minimum absolute atomic E-state index is 0.134. The van der Waals surface area contributed by atoms with Gasteiger partial charge in [0, 0.05) is 13.2 Å². The monoisotopic (exact) mass is 240 g/mol. The first-order chi connectivity index (χ1) is 8.13. The second-order valence-electron chi connectivity index (χ2n) is 3.29. The molecule has 0 aliphatic carbocycles. The SMILES string of the molecule is CCOC(=O)CNC(=O)NCc1ccnn1C. The Hall–Kier alpha value is -2.05. The number of nitrogens with one attached hydrogen (secondary N) is 2. The van der Waals surface area contributed by atoms with Crippen molar-refractivity contribution in [2.24, 2.45) is 7.05 Å². The maximum Gasteiger partial charge on any atom is 0.325 e. The molecular weight excluding hydrogens is 224 g/mol. The second-order valence-corrected chi connectivity index (χ2v) is 3.29. The van der Waals surface area contributed by atoms with Crippen LogP contribution in [0.25, 0.3) is 0 Å². The van der Waals surface area contributed by atoms with Gasteiger partial charge in [-0.3, -0.25) is 9.48 Å². The number of aryl methyl sites for hydroxylation is 1. The summed E-state index contributed by atoms with van der Waals surface area (Å²) in [5, 5.41) is 8.96. The van der Waals surface area contributed by atoms with Crippen LogP contribution >= 0.6 is 0 Å². The predicted octanol–water partition coefficient (Wildman–Crippen LogP) is -0.218. The zero-order valence-corrected chi connectivity index (χ0v) is 9.90. The van der Waals surface area contributed by atoms with Crippen LogP contribution in [0.2, 0.25) is 0 Å². The van der Waals surface area contributed by atoms with Gasteiger partial charge in [-0.1, -0.05) is 0 Å². The number of carbonyl (C=O) groups excluding carboxylic acids is 2. The number of carbonyl (C=O) groups is 2. The van der Waals surface area contributed by atoms with Gasteiger partial charge in [0.1, 0.15) is 6.54 Å². The zero-order valence-electron chi connectivity index (χ0n) is 9.90. The average molecular weight is 240 g/mol. The number of rotatable bonds is 5. The quantitative estimate of drug-likeness (QED) is 0.697. The summed E-state index contributed by atoms with van der Waals surface area (Å²) in [6.45, 7) is 2.23. The van der Waals surface area contributed by atoms with Crippen LogP contribution in [0.5, 0.6) is 0 Å². The summed E-state index contributed by atoms with van der Waals surface area (Å²) >= 11 is 0. The highest BCUT2D eigenvalue weighted by molar-refractivity contribution is 5.80. The van der Waals surface area contributed by atoms with Crippen molar-refractivity contribution in [2.45, 2.75) is 13.5 Å². The van der Waals surface area contributed by atoms with E-state index in [0.717, 1.165) is 5.69 Å². The first-order valence-corrected chi connectivity index (χ1v) is 5.27. The van der Waals surface area contributed by atoms with Crippen molar-refractivity contribution in [1.29, 1.82) is 0 Å². The molecule has 0 radical (unpaired) electrons.